The van der Waals surface area contributed by atoms with Crippen LogP contribution in [-0.4, -0.2) is 33.2 Å². The van der Waals surface area contributed by atoms with Gasteiger partial charge in [0.05, 0.1) is 36.3 Å². The molecule has 0 saturated carbocycles. The number of para-hydroxylation sites is 2. The Labute approximate surface area is 144 Å². The molecule has 1 aliphatic heterocycles. The van der Waals surface area contributed by atoms with Gasteiger partial charge in [0.1, 0.15) is 11.6 Å². The van der Waals surface area contributed by atoms with E-state index in [0.717, 1.165) is 16.8 Å². The Bertz CT molecular complexity index is 867. The third-order valence-electron chi connectivity index (χ3n) is 4.38. The van der Waals surface area contributed by atoms with Gasteiger partial charge in [0.15, 0.2) is 0 Å². The Morgan fingerprint density at radius 3 is 3.00 bits per heavy atom. The monoisotopic (exact) mass is 338 g/mol. The molecule has 7 heteroatoms. The van der Waals surface area contributed by atoms with Crippen LogP contribution in [0.15, 0.2) is 47.1 Å². The number of hydrogen-bond donors (Lipinski definition) is 2. The molecule has 1 saturated heterocycles. The molecule has 1 aromatic carbocycles. The molecular formula is C18H18N4O3. The minimum absolute atomic E-state index is 0.0275. The second-order valence-corrected chi connectivity index (χ2v) is 6.17. The molecule has 3 aromatic rings. The van der Waals surface area contributed by atoms with Crippen LogP contribution < -0.4 is 5.32 Å². The van der Waals surface area contributed by atoms with Gasteiger partial charge < -0.3 is 19.6 Å². The van der Waals surface area contributed by atoms with Gasteiger partial charge in [0, 0.05) is 13.0 Å². The predicted octanol–water partition coefficient (Wildman–Crippen LogP) is 1.82. The van der Waals surface area contributed by atoms with Gasteiger partial charge in [-0.3, -0.25) is 9.59 Å². The van der Waals surface area contributed by atoms with Gasteiger partial charge in [-0.15, -0.1) is 0 Å². The summed E-state index contributed by atoms with van der Waals surface area (Å²) in [6, 6.07) is 11.3. The van der Waals surface area contributed by atoms with Crippen molar-refractivity contribution < 1.29 is 14.0 Å². The van der Waals surface area contributed by atoms with Crippen LogP contribution in [-0.2, 0) is 22.7 Å². The highest BCUT2D eigenvalue weighted by atomic mass is 16.3. The summed E-state index contributed by atoms with van der Waals surface area (Å²) < 4.78 is 5.27. The normalized spacial score (nSPS) is 17.4. The molecule has 128 valence electrons. The summed E-state index contributed by atoms with van der Waals surface area (Å²) in [5.74, 6) is 0.922. The largest absolute Gasteiger partial charge is 0.467 e. The Kier molecular flexibility index (Phi) is 3.97. The fourth-order valence-corrected chi connectivity index (χ4v) is 3.10. The number of carbonyl (C=O) groups is 2. The van der Waals surface area contributed by atoms with E-state index in [-0.39, 0.29) is 24.2 Å². The molecule has 7 nitrogen and oxygen atoms in total. The highest BCUT2D eigenvalue weighted by molar-refractivity contribution is 5.89. The molecule has 25 heavy (non-hydrogen) atoms. The van der Waals surface area contributed by atoms with Gasteiger partial charge in [-0.05, 0) is 24.3 Å². The molecule has 0 spiro atoms. The number of amides is 2. The van der Waals surface area contributed by atoms with E-state index < -0.39 is 0 Å². The van der Waals surface area contributed by atoms with E-state index in [2.05, 4.69) is 15.3 Å². The lowest BCUT2D eigenvalue weighted by molar-refractivity contribution is -0.129. The zero-order chi connectivity index (χ0) is 17.2. The standard InChI is InChI=1S/C18H18N4O3/c23-17-8-12(10-22(17)11-13-4-3-7-25-13)18(24)19-9-16-20-14-5-1-2-6-15(14)21-16/h1-7,12H,8-11H2,(H,19,24)(H,20,21). The third kappa shape index (κ3) is 3.26. The lowest BCUT2D eigenvalue weighted by Gasteiger charge is -2.14. The van der Waals surface area contributed by atoms with Gasteiger partial charge in [0.2, 0.25) is 11.8 Å². The van der Waals surface area contributed by atoms with Crippen molar-refractivity contribution >= 4 is 22.8 Å². The topological polar surface area (TPSA) is 91.2 Å². The summed E-state index contributed by atoms with van der Waals surface area (Å²) in [5, 5.41) is 2.87. The average Bonchev–Trinajstić information content (AvgIpc) is 3.33. The molecule has 1 fully saturated rings. The predicted molar refractivity (Wildman–Crippen MR) is 90.2 cm³/mol. The number of likely N-dealkylation sites (tertiary alicyclic amines) is 1. The summed E-state index contributed by atoms with van der Waals surface area (Å²) in [6.45, 7) is 1.13. The Morgan fingerprint density at radius 2 is 2.20 bits per heavy atom. The molecule has 0 aliphatic carbocycles. The first-order valence-corrected chi connectivity index (χ1v) is 8.20. The lowest BCUT2D eigenvalue weighted by Crippen LogP contribution is -2.32. The minimum Gasteiger partial charge on any atom is -0.467 e. The molecule has 0 radical (unpaired) electrons. The third-order valence-corrected chi connectivity index (χ3v) is 4.38. The maximum absolute atomic E-state index is 12.4. The van der Waals surface area contributed by atoms with Gasteiger partial charge in [-0.25, -0.2) is 4.98 Å². The van der Waals surface area contributed by atoms with Crippen LogP contribution >= 0.6 is 0 Å². The molecular weight excluding hydrogens is 320 g/mol. The van der Waals surface area contributed by atoms with Crippen LogP contribution in [0.2, 0.25) is 0 Å². The number of nitrogens with one attached hydrogen (secondary N) is 2. The molecule has 2 N–H and O–H groups in total. The van der Waals surface area contributed by atoms with Gasteiger partial charge in [-0.2, -0.15) is 0 Å². The highest BCUT2D eigenvalue weighted by Gasteiger charge is 2.34. The van der Waals surface area contributed by atoms with Crippen molar-refractivity contribution in [2.24, 2.45) is 5.92 Å². The van der Waals surface area contributed by atoms with Crippen LogP contribution in [0.5, 0.6) is 0 Å². The molecule has 3 heterocycles. The van der Waals surface area contributed by atoms with Crippen molar-refractivity contribution in [3.05, 3.63) is 54.2 Å². The number of carbonyl (C=O) groups excluding carboxylic acids is 2. The summed E-state index contributed by atoms with van der Waals surface area (Å²) in [7, 11) is 0. The number of hydrogen-bond acceptors (Lipinski definition) is 4. The van der Waals surface area contributed by atoms with E-state index in [4.69, 9.17) is 4.42 Å². The van der Waals surface area contributed by atoms with Crippen molar-refractivity contribution in [2.75, 3.05) is 6.54 Å². The van der Waals surface area contributed by atoms with Crippen molar-refractivity contribution in [1.82, 2.24) is 20.2 Å². The molecule has 2 amide bonds. The van der Waals surface area contributed by atoms with Crippen LogP contribution in [0.3, 0.4) is 0 Å². The van der Waals surface area contributed by atoms with Crippen molar-refractivity contribution in [2.45, 2.75) is 19.5 Å². The molecule has 1 unspecified atom stereocenters. The zero-order valence-electron chi connectivity index (χ0n) is 13.6. The van der Waals surface area contributed by atoms with Gasteiger partial charge in [0.25, 0.3) is 0 Å². The van der Waals surface area contributed by atoms with E-state index in [1.165, 1.54) is 0 Å². The summed E-state index contributed by atoms with van der Waals surface area (Å²) in [5.41, 5.74) is 1.81. The highest BCUT2D eigenvalue weighted by Crippen LogP contribution is 2.20. The van der Waals surface area contributed by atoms with Crippen molar-refractivity contribution in [3.63, 3.8) is 0 Å². The van der Waals surface area contributed by atoms with E-state index >= 15 is 0 Å². The number of imidazole rings is 1. The van der Waals surface area contributed by atoms with Crippen LogP contribution in [0, 0.1) is 5.92 Å². The first-order chi connectivity index (χ1) is 12.2. The first-order valence-electron chi connectivity index (χ1n) is 8.20. The summed E-state index contributed by atoms with van der Waals surface area (Å²) >= 11 is 0. The number of fused-ring (bicyclic) bond motifs is 1. The summed E-state index contributed by atoms with van der Waals surface area (Å²) in [4.78, 5) is 33.7. The van der Waals surface area contributed by atoms with Gasteiger partial charge >= 0.3 is 0 Å². The molecule has 0 bridgehead atoms. The van der Waals surface area contributed by atoms with Crippen molar-refractivity contribution in [3.8, 4) is 0 Å². The maximum Gasteiger partial charge on any atom is 0.225 e. The molecule has 4 rings (SSSR count). The van der Waals surface area contributed by atoms with E-state index in [9.17, 15) is 9.59 Å². The fourth-order valence-electron chi connectivity index (χ4n) is 3.10. The first kappa shape index (κ1) is 15.4. The number of furan rings is 1. The second-order valence-electron chi connectivity index (χ2n) is 6.17. The molecule has 1 aliphatic rings. The fraction of sp³-hybridized carbons (Fsp3) is 0.278. The number of aromatic amines is 1. The van der Waals surface area contributed by atoms with E-state index in [1.807, 2.05) is 30.3 Å². The molecule has 2 aromatic heterocycles. The number of aromatic nitrogens is 2. The quantitative estimate of drug-likeness (QED) is 0.742. The Morgan fingerprint density at radius 1 is 1.32 bits per heavy atom. The number of benzene rings is 1. The van der Waals surface area contributed by atoms with Crippen LogP contribution in [0.1, 0.15) is 18.0 Å². The lowest BCUT2D eigenvalue weighted by atomic mass is 10.1. The minimum atomic E-state index is -0.341. The van der Waals surface area contributed by atoms with Crippen molar-refractivity contribution in [1.29, 1.82) is 0 Å². The number of rotatable bonds is 5. The van der Waals surface area contributed by atoms with Crippen LogP contribution in [0.25, 0.3) is 11.0 Å². The molecule has 1 atom stereocenters. The number of H-pyrrole nitrogens is 1. The van der Waals surface area contributed by atoms with Gasteiger partial charge in [-0.1, -0.05) is 12.1 Å². The average molecular weight is 338 g/mol. The second kappa shape index (κ2) is 6.43. The summed E-state index contributed by atoms with van der Waals surface area (Å²) in [6.07, 6.45) is 1.81. The van der Waals surface area contributed by atoms with Crippen LogP contribution in [0.4, 0.5) is 0 Å². The zero-order valence-corrected chi connectivity index (χ0v) is 13.6. The number of nitrogens with zero attached hydrogens (tertiary/aromatic N) is 2. The SMILES string of the molecule is O=C(NCc1nc2ccccc2[nH]1)C1CC(=O)N(Cc2ccco2)C1. The van der Waals surface area contributed by atoms with E-state index in [1.54, 1.807) is 17.2 Å². The maximum atomic E-state index is 12.4. The van der Waals surface area contributed by atoms with E-state index in [0.29, 0.717) is 25.5 Å². The Hall–Kier alpha value is -3.09. The smallest absolute Gasteiger partial charge is 0.225 e. The Balaban J connectivity index is 1.34.